The Morgan fingerprint density at radius 3 is 2.76 bits per heavy atom. The largest absolute Gasteiger partial charge is 0.473 e. The predicted molar refractivity (Wildman–Crippen MR) is 77.3 cm³/mol. The first-order valence-electron chi connectivity index (χ1n) is 7.17. The molecule has 7 nitrogen and oxygen atoms in total. The van der Waals surface area contributed by atoms with Crippen molar-refractivity contribution < 1.29 is 14.3 Å². The van der Waals surface area contributed by atoms with E-state index in [1.807, 2.05) is 19.1 Å². The van der Waals surface area contributed by atoms with Gasteiger partial charge in [0.05, 0.1) is 12.3 Å². The molecule has 0 radical (unpaired) electrons. The zero-order valence-corrected chi connectivity index (χ0v) is 12.5. The summed E-state index contributed by atoms with van der Waals surface area (Å²) < 4.78 is 10.7. The fourth-order valence-electron chi connectivity index (χ4n) is 2.17. The summed E-state index contributed by atoms with van der Waals surface area (Å²) in [5.74, 6) is 0.545. The summed E-state index contributed by atoms with van der Waals surface area (Å²) in [4.78, 5) is 13.7. The standard InChI is InChI=1S/C14H22N4O3/c1-11-3-4-13(17-16-11)21-12-5-8-18(9-6-12)14(19)15-7-10-20-2/h3-4,12H,5-10H2,1-2H3,(H,15,19). The van der Waals surface area contributed by atoms with Crippen LogP contribution in [0.1, 0.15) is 18.5 Å². The highest BCUT2D eigenvalue weighted by Crippen LogP contribution is 2.16. The lowest BCUT2D eigenvalue weighted by atomic mass is 10.1. The van der Waals surface area contributed by atoms with E-state index in [0.29, 0.717) is 32.1 Å². The third-order valence-corrected chi connectivity index (χ3v) is 3.37. The molecule has 0 aliphatic carbocycles. The smallest absolute Gasteiger partial charge is 0.317 e. The summed E-state index contributed by atoms with van der Waals surface area (Å²) in [6.07, 6.45) is 1.69. The summed E-state index contributed by atoms with van der Waals surface area (Å²) in [7, 11) is 1.61. The van der Waals surface area contributed by atoms with Gasteiger partial charge in [0.25, 0.3) is 0 Å². The molecular formula is C14H22N4O3. The number of hydrogen-bond acceptors (Lipinski definition) is 5. The zero-order chi connectivity index (χ0) is 15.1. The summed E-state index contributed by atoms with van der Waals surface area (Å²) in [5, 5.41) is 10.8. The molecule has 2 rings (SSSR count). The van der Waals surface area contributed by atoms with E-state index in [4.69, 9.17) is 9.47 Å². The minimum atomic E-state index is -0.0411. The number of aromatic nitrogens is 2. The van der Waals surface area contributed by atoms with Gasteiger partial charge in [-0.15, -0.1) is 5.10 Å². The molecule has 7 heteroatoms. The molecule has 0 saturated carbocycles. The summed E-state index contributed by atoms with van der Waals surface area (Å²) in [5.41, 5.74) is 0.866. The minimum Gasteiger partial charge on any atom is -0.473 e. The van der Waals surface area contributed by atoms with Gasteiger partial charge in [0.1, 0.15) is 6.10 Å². The number of piperidine rings is 1. The van der Waals surface area contributed by atoms with E-state index in [9.17, 15) is 4.79 Å². The number of carbonyl (C=O) groups excluding carboxylic acids is 1. The fourth-order valence-corrected chi connectivity index (χ4v) is 2.17. The van der Waals surface area contributed by atoms with Crippen molar-refractivity contribution >= 4 is 6.03 Å². The quantitative estimate of drug-likeness (QED) is 0.819. The molecule has 0 spiro atoms. The van der Waals surface area contributed by atoms with Gasteiger partial charge in [0, 0.05) is 45.7 Å². The predicted octanol–water partition coefficient (Wildman–Crippen LogP) is 0.984. The van der Waals surface area contributed by atoms with Crippen LogP contribution in [0.4, 0.5) is 4.79 Å². The van der Waals surface area contributed by atoms with Crippen LogP contribution in [0, 0.1) is 6.92 Å². The Kier molecular flexibility index (Phi) is 5.74. The number of nitrogens with zero attached hydrogens (tertiary/aromatic N) is 3. The van der Waals surface area contributed by atoms with Crippen molar-refractivity contribution in [3.05, 3.63) is 17.8 Å². The van der Waals surface area contributed by atoms with Crippen LogP contribution in [0.25, 0.3) is 0 Å². The Morgan fingerprint density at radius 1 is 1.38 bits per heavy atom. The first-order chi connectivity index (χ1) is 10.2. The first-order valence-corrected chi connectivity index (χ1v) is 7.17. The maximum atomic E-state index is 11.9. The van der Waals surface area contributed by atoms with E-state index in [1.165, 1.54) is 0 Å². The van der Waals surface area contributed by atoms with Gasteiger partial charge in [0.15, 0.2) is 0 Å². The highest BCUT2D eigenvalue weighted by Gasteiger charge is 2.24. The minimum absolute atomic E-state index is 0.0411. The van der Waals surface area contributed by atoms with Crippen LogP contribution >= 0.6 is 0 Å². The summed E-state index contributed by atoms with van der Waals surface area (Å²) >= 11 is 0. The van der Waals surface area contributed by atoms with Gasteiger partial charge in [-0.25, -0.2) is 4.79 Å². The van der Waals surface area contributed by atoms with E-state index >= 15 is 0 Å². The Labute approximate surface area is 124 Å². The van der Waals surface area contributed by atoms with E-state index in [0.717, 1.165) is 18.5 Å². The molecule has 1 N–H and O–H groups in total. The topological polar surface area (TPSA) is 76.6 Å². The van der Waals surface area contributed by atoms with Crippen molar-refractivity contribution in [2.24, 2.45) is 0 Å². The first kappa shape index (κ1) is 15.5. The molecule has 0 bridgehead atoms. The number of amides is 2. The van der Waals surface area contributed by atoms with Crippen LogP contribution in [0.2, 0.25) is 0 Å². The van der Waals surface area contributed by atoms with E-state index in [-0.39, 0.29) is 12.1 Å². The number of hydrogen-bond donors (Lipinski definition) is 1. The maximum absolute atomic E-state index is 11.9. The normalized spacial score (nSPS) is 15.8. The van der Waals surface area contributed by atoms with Crippen LogP contribution in [-0.2, 0) is 4.74 Å². The monoisotopic (exact) mass is 294 g/mol. The Balaban J connectivity index is 1.72. The molecule has 1 aliphatic heterocycles. The van der Waals surface area contributed by atoms with Gasteiger partial charge < -0.3 is 19.7 Å². The lowest BCUT2D eigenvalue weighted by molar-refractivity contribution is 0.105. The number of ether oxygens (including phenoxy) is 2. The Morgan fingerprint density at radius 2 is 2.14 bits per heavy atom. The number of carbonyl (C=O) groups is 1. The third kappa shape index (κ3) is 4.86. The molecule has 116 valence electrons. The van der Waals surface area contributed by atoms with E-state index in [1.54, 1.807) is 12.0 Å². The van der Waals surface area contributed by atoms with E-state index < -0.39 is 0 Å². The van der Waals surface area contributed by atoms with Crippen LogP contribution in [0.5, 0.6) is 5.88 Å². The molecule has 21 heavy (non-hydrogen) atoms. The summed E-state index contributed by atoms with van der Waals surface area (Å²) in [6.45, 7) is 4.31. The second-order valence-corrected chi connectivity index (χ2v) is 5.04. The SMILES string of the molecule is COCCNC(=O)N1CCC(Oc2ccc(C)nn2)CC1. The molecule has 2 amide bonds. The van der Waals surface area contributed by atoms with E-state index in [2.05, 4.69) is 15.5 Å². The zero-order valence-electron chi connectivity index (χ0n) is 12.5. The number of rotatable bonds is 5. The maximum Gasteiger partial charge on any atom is 0.317 e. The molecular weight excluding hydrogens is 272 g/mol. The highest BCUT2D eigenvalue weighted by atomic mass is 16.5. The van der Waals surface area contributed by atoms with Gasteiger partial charge in [-0.05, 0) is 13.0 Å². The lowest BCUT2D eigenvalue weighted by Gasteiger charge is -2.31. The van der Waals surface area contributed by atoms with Gasteiger partial charge in [-0.3, -0.25) is 0 Å². The second-order valence-electron chi connectivity index (χ2n) is 5.04. The van der Waals surface area contributed by atoms with Crippen molar-refractivity contribution in [3.63, 3.8) is 0 Å². The van der Waals surface area contributed by atoms with Crippen LogP contribution in [-0.4, -0.2) is 60.6 Å². The lowest BCUT2D eigenvalue weighted by Crippen LogP contribution is -2.47. The van der Waals surface area contributed by atoms with Crippen molar-refractivity contribution in [2.45, 2.75) is 25.9 Å². The van der Waals surface area contributed by atoms with Crippen molar-refractivity contribution in [1.82, 2.24) is 20.4 Å². The third-order valence-electron chi connectivity index (χ3n) is 3.37. The van der Waals surface area contributed by atoms with Gasteiger partial charge in [-0.2, -0.15) is 5.10 Å². The molecule has 1 aromatic heterocycles. The molecule has 1 aliphatic rings. The van der Waals surface area contributed by atoms with Crippen LogP contribution < -0.4 is 10.1 Å². The summed E-state index contributed by atoms with van der Waals surface area (Å²) in [6, 6.07) is 3.66. The highest BCUT2D eigenvalue weighted by molar-refractivity contribution is 5.74. The number of urea groups is 1. The Bertz CT molecular complexity index is 444. The van der Waals surface area contributed by atoms with Crippen LogP contribution in [0.15, 0.2) is 12.1 Å². The molecule has 0 unspecified atom stereocenters. The van der Waals surface area contributed by atoms with Gasteiger partial charge in [-0.1, -0.05) is 0 Å². The second kappa shape index (κ2) is 7.78. The number of aryl methyl sites for hydroxylation is 1. The van der Waals surface area contributed by atoms with Crippen molar-refractivity contribution in [3.8, 4) is 5.88 Å². The molecule has 1 fully saturated rings. The molecule has 0 atom stereocenters. The molecule has 2 heterocycles. The van der Waals surface area contributed by atoms with Crippen LogP contribution in [0.3, 0.4) is 0 Å². The number of likely N-dealkylation sites (tertiary alicyclic amines) is 1. The van der Waals surface area contributed by atoms with Crippen molar-refractivity contribution in [2.75, 3.05) is 33.4 Å². The molecule has 1 aromatic rings. The average molecular weight is 294 g/mol. The Hall–Kier alpha value is -1.89. The molecule has 0 aromatic carbocycles. The number of methoxy groups -OCH3 is 1. The number of nitrogens with one attached hydrogen (secondary N) is 1. The van der Waals surface area contributed by atoms with Gasteiger partial charge in [0.2, 0.25) is 5.88 Å². The average Bonchev–Trinajstić information content (AvgIpc) is 2.50. The molecule has 1 saturated heterocycles. The fraction of sp³-hybridized carbons (Fsp3) is 0.643. The van der Waals surface area contributed by atoms with Gasteiger partial charge >= 0.3 is 6.03 Å². The van der Waals surface area contributed by atoms with Crippen molar-refractivity contribution in [1.29, 1.82) is 0 Å².